The zero-order valence-corrected chi connectivity index (χ0v) is 15.6. The Morgan fingerprint density at radius 1 is 1.04 bits per heavy atom. The average Bonchev–Trinajstić information content (AvgIpc) is 2.71. The van der Waals surface area contributed by atoms with Crippen molar-refractivity contribution in [1.82, 2.24) is 9.80 Å². The molecule has 2 amide bonds. The van der Waals surface area contributed by atoms with Gasteiger partial charge in [0, 0.05) is 26.7 Å². The monoisotopic (exact) mass is 368 g/mol. The Bertz CT molecular complexity index is 777. The largest absolute Gasteiger partial charge is 0.497 e. The van der Waals surface area contributed by atoms with E-state index in [0.717, 1.165) is 16.9 Å². The number of nitrogens with zero attached hydrogens (tertiary/aromatic N) is 2. The van der Waals surface area contributed by atoms with Crippen LogP contribution in [0.4, 0.5) is 0 Å². The van der Waals surface area contributed by atoms with Gasteiger partial charge in [0.2, 0.25) is 5.91 Å². The Labute approximate surface area is 159 Å². The van der Waals surface area contributed by atoms with E-state index in [1.807, 2.05) is 54.6 Å². The molecule has 1 aliphatic heterocycles. The Hall–Kier alpha value is -2.86. The van der Waals surface area contributed by atoms with Crippen molar-refractivity contribution >= 4 is 11.8 Å². The quantitative estimate of drug-likeness (QED) is 0.785. The van der Waals surface area contributed by atoms with Crippen molar-refractivity contribution in [2.45, 2.75) is 12.6 Å². The number of rotatable bonds is 6. The molecule has 1 fully saturated rings. The van der Waals surface area contributed by atoms with Gasteiger partial charge in [-0.3, -0.25) is 9.59 Å². The first-order valence-electron chi connectivity index (χ1n) is 8.89. The van der Waals surface area contributed by atoms with Crippen LogP contribution in [0, 0.1) is 0 Å². The van der Waals surface area contributed by atoms with E-state index >= 15 is 0 Å². The van der Waals surface area contributed by atoms with Crippen molar-refractivity contribution in [3.8, 4) is 5.75 Å². The van der Waals surface area contributed by atoms with Crippen LogP contribution in [0.15, 0.2) is 54.6 Å². The molecule has 2 aromatic rings. The van der Waals surface area contributed by atoms with Crippen molar-refractivity contribution < 1.29 is 19.1 Å². The zero-order valence-electron chi connectivity index (χ0n) is 15.6. The second-order valence-corrected chi connectivity index (χ2v) is 6.45. The fourth-order valence-corrected chi connectivity index (χ4v) is 3.19. The molecule has 142 valence electrons. The van der Waals surface area contributed by atoms with E-state index in [-0.39, 0.29) is 18.4 Å². The number of carbonyl (C=O) groups is 2. The van der Waals surface area contributed by atoms with Crippen LogP contribution in [0.1, 0.15) is 17.2 Å². The summed E-state index contributed by atoms with van der Waals surface area (Å²) < 4.78 is 10.6. The third kappa shape index (κ3) is 4.46. The van der Waals surface area contributed by atoms with E-state index in [2.05, 4.69) is 0 Å². The van der Waals surface area contributed by atoms with E-state index < -0.39 is 6.10 Å². The van der Waals surface area contributed by atoms with Crippen LogP contribution >= 0.6 is 0 Å². The van der Waals surface area contributed by atoms with Gasteiger partial charge < -0.3 is 19.3 Å². The summed E-state index contributed by atoms with van der Waals surface area (Å²) in [7, 11) is 3.13. The van der Waals surface area contributed by atoms with Gasteiger partial charge in [0.05, 0.1) is 13.7 Å². The van der Waals surface area contributed by atoms with E-state index in [9.17, 15) is 9.59 Å². The van der Waals surface area contributed by atoms with Gasteiger partial charge in [-0.15, -0.1) is 0 Å². The molecule has 0 radical (unpaired) electrons. The van der Waals surface area contributed by atoms with E-state index in [1.54, 1.807) is 16.9 Å². The smallest absolute Gasteiger partial charge is 0.256 e. The SMILES string of the molecule is COc1ccc(CN2CCN(C(=O)[C@@H](OC)c3ccccc3)CC2=O)cc1. The summed E-state index contributed by atoms with van der Waals surface area (Å²) in [5.41, 5.74) is 1.82. The number of methoxy groups -OCH3 is 2. The lowest BCUT2D eigenvalue weighted by atomic mass is 10.1. The van der Waals surface area contributed by atoms with Crippen LogP contribution in [-0.4, -0.2) is 55.5 Å². The molecule has 0 saturated carbocycles. The van der Waals surface area contributed by atoms with Crippen LogP contribution < -0.4 is 4.74 Å². The number of ether oxygens (including phenoxy) is 2. The van der Waals surface area contributed by atoms with E-state index in [0.29, 0.717) is 19.6 Å². The molecule has 0 unspecified atom stereocenters. The maximum atomic E-state index is 12.8. The second-order valence-electron chi connectivity index (χ2n) is 6.45. The molecule has 1 aliphatic rings. The van der Waals surface area contributed by atoms with Crippen molar-refractivity contribution in [3.63, 3.8) is 0 Å². The first kappa shape index (κ1) is 18.9. The zero-order chi connectivity index (χ0) is 19.2. The summed E-state index contributed by atoms with van der Waals surface area (Å²) in [6, 6.07) is 17.0. The summed E-state index contributed by atoms with van der Waals surface area (Å²) in [5.74, 6) is 0.543. The topological polar surface area (TPSA) is 59.1 Å². The first-order valence-corrected chi connectivity index (χ1v) is 8.89. The minimum atomic E-state index is -0.688. The lowest BCUT2D eigenvalue weighted by Gasteiger charge is -2.35. The van der Waals surface area contributed by atoms with Gasteiger partial charge in [0.25, 0.3) is 5.91 Å². The minimum absolute atomic E-state index is 0.0617. The third-order valence-electron chi connectivity index (χ3n) is 4.73. The number of amides is 2. The number of carbonyl (C=O) groups excluding carboxylic acids is 2. The third-order valence-corrected chi connectivity index (χ3v) is 4.73. The van der Waals surface area contributed by atoms with Crippen LogP contribution in [0.5, 0.6) is 5.75 Å². The number of benzene rings is 2. The molecule has 0 bridgehead atoms. The predicted octanol–water partition coefficient (Wildman–Crippen LogP) is 2.25. The molecular weight excluding hydrogens is 344 g/mol. The maximum absolute atomic E-state index is 12.8. The highest BCUT2D eigenvalue weighted by Gasteiger charge is 2.32. The van der Waals surface area contributed by atoms with Crippen LogP contribution in [0.25, 0.3) is 0 Å². The molecule has 2 aromatic carbocycles. The molecular formula is C21H24N2O4. The maximum Gasteiger partial charge on any atom is 0.256 e. The highest BCUT2D eigenvalue weighted by Crippen LogP contribution is 2.21. The van der Waals surface area contributed by atoms with Gasteiger partial charge in [-0.1, -0.05) is 42.5 Å². The minimum Gasteiger partial charge on any atom is -0.497 e. The van der Waals surface area contributed by atoms with Crippen LogP contribution in [0.2, 0.25) is 0 Å². The highest BCUT2D eigenvalue weighted by atomic mass is 16.5. The lowest BCUT2D eigenvalue weighted by molar-refractivity contribution is -0.152. The molecule has 1 saturated heterocycles. The summed E-state index contributed by atoms with van der Waals surface area (Å²) in [6.07, 6.45) is -0.688. The lowest BCUT2D eigenvalue weighted by Crippen LogP contribution is -2.53. The van der Waals surface area contributed by atoms with Crippen molar-refractivity contribution in [2.24, 2.45) is 0 Å². The van der Waals surface area contributed by atoms with Crippen LogP contribution in [-0.2, 0) is 20.9 Å². The molecule has 1 heterocycles. The van der Waals surface area contributed by atoms with E-state index in [4.69, 9.17) is 9.47 Å². The molecule has 6 heteroatoms. The summed E-state index contributed by atoms with van der Waals surface area (Å²) in [6.45, 7) is 1.59. The average molecular weight is 368 g/mol. The fourth-order valence-electron chi connectivity index (χ4n) is 3.19. The number of hydrogen-bond acceptors (Lipinski definition) is 4. The Kier molecular flexibility index (Phi) is 6.08. The van der Waals surface area contributed by atoms with Gasteiger partial charge in [-0.05, 0) is 23.3 Å². The van der Waals surface area contributed by atoms with Gasteiger partial charge >= 0.3 is 0 Å². The number of piperazine rings is 1. The molecule has 0 aliphatic carbocycles. The number of hydrogen-bond donors (Lipinski definition) is 0. The molecule has 1 atom stereocenters. The van der Waals surface area contributed by atoms with Crippen LogP contribution in [0.3, 0.4) is 0 Å². The van der Waals surface area contributed by atoms with Gasteiger partial charge in [0.1, 0.15) is 5.75 Å². The second kappa shape index (κ2) is 8.68. The van der Waals surface area contributed by atoms with Gasteiger partial charge in [-0.2, -0.15) is 0 Å². The summed E-state index contributed by atoms with van der Waals surface area (Å²) >= 11 is 0. The first-order chi connectivity index (χ1) is 13.1. The Morgan fingerprint density at radius 3 is 2.33 bits per heavy atom. The van der Waals surface area contributed by atoms with E-state index in [1.165, 1.54) is 7.11 Å². The molecule has 0 spiro atoms. The van der Waals surface area contributed by atoms with Crippen molar-refractivity contribution in [1.29, 1.82) is 0 Å². The molecule has 27 heavy (non-hydrogen) atoms. The summed E-state index contributed by atoms with van der Waals surface area (Å²) in [4.78, 5) is 28.7. The normalized spacial score (nSPS) is 15.6. The van der Waals surface area contributed by atoms with Gasteiger partial charge in [0.15, 0.2) is 6.10 Å². The fraction of sp³-hybridized carbons (Fsp3) is 0.333. The standard InChI is InChI=1S/C21H24N2O4/c1-26-18-10-8-16(9-11-18)14-22-12-13-23(15-19(22)24)21(25)20(27-2)17-6-4-3-5-7-17/h3-11,20H,12-15H2,1-2H3/t20-/m0/s1. The Balaban J connectivity index is 1.61. The molecule has 3 rings (SSSR count). The van der Waals surface area contributed by atoms with Crippen molar-refractivity contribution in [3.05, 3.63) is 65.7 Å². The molecule has 0 aromatic heterocycles. The predicted molar refractivity (Wildman–Crippen MR) is 101 cm³/mol. The molecule has 6 nitrogen and oxygen atoms in total. The van der Waals surface area contributed by atoms with Crippen molar-refractivity contribution in [2.75, 3.05) is 33.9 Å². The molecule has 0 N–H and O–H groups in total. The highest BCUT2D eigenvalue weighted by molar-refractivity contribution is 5.88. The Morgan fingerprint density at radius 2 is 1.74 bits per heavy atom. The summed E-state index contributed by atoms with van der Waals surface area (Å²) in [5, 5.41) is 0. The van der Waals surface area contributed by atoms with Gasteiger partial charge in [-0.25, -0.2) is 0 Å².